The molecular formula is C18H16F2N4O2S. The normalized spacial score (nSPS) is 10.7. The van der Waals surface area contributed by atoms with Gasteiger partial charge in [0, 0.05) is 30.2 Å². The second-order valence-electron chi connectivity index (χ2n) is 5.77. The second kappa shape index (κ2) is 8.17. The maximum Gasteiger partial charge on any atom is 0.317 e. The van der Waals surface area contributed by atoms with E-state index in [4.69, 9.17) is 4.42 Å². The van der Waals surface area contributed by atoms with Gasteiger partial charge in [-0.25, -0.2) is 8.78 Å². The number of carbonyl (C=O) groups excluding carboxylic acids is 1. The minimum atomic E-state index is -0.936. The molecule has 0 radical (unpaired) electrons. The number of carbonyl (C=O) groups is 1. The monoisotopic (exact) mass is 390 g/mol. The Morgan fingerprint density at radius 3 is 2.48 bits per heavy atom. The zero-order valence-electron chi connectivity index (χ0n) is 14.6. The molecule has 1 aromatic heterocycles. The molecule has 1 N–H and O–H groups in total. The average molecular weight is 390 g/mol. The Labute approximate surface area is 158 Å². The van der Waals surface area contributed by atoms with Crippen molar-refractivity contribution in [3.8, 4) is 11.5 Å². The van der Waals surface area contributed by atoms with Crippen LogP contribution in [-0.4, -0.2) is 36.0 Å². The van der Waals surface area contributed by atoms with Crippen LogP contribution >= 0.6 is 11.8 Å². The Hall–Kier alpha value is -2.94. The third-order valence-corrected chi connectivity index (χ3v) is 4.47. The molecule has 1 amide bonds. The van der Waals surface area contributed by atoms with Gasteiger partial charge in [0.2, 0.25) is 11.8 Å². The summed E-state index contributed by atoms with van der Waals surface area (Å²) in [6.07, 6.45) is 0. The summed E-state index contributed by atoms with van der Waals surface area (Å²) in [5.41, 5.74) is 1.33. The molecular weight excluding hydrogens is 374 g/mol. The third kappa shape index (κ3) is 4.82. The number of halogens is 2. The summed E-state index contributed by atoms with van der Waals surface area (Å²) >= 11 is 1.12. The molecule has 0 aliphatic carbocycles. The molecule has 0 aliphatic heterocycles. The van der Waals surface area contributed by atoms with Crippen LogP contribution in [0.15, 0.2) is 51.8 Å². The van der Waals surface area contributed by atoms with Crippen LogP contribution < -0.4 is 10.2 Å². The topological polar surface area (TPSA) is 71.3 Å². The van der Waals surface area contributed by atoms with E-state index in [0.29, 0.717) is 22.5 Å². The van der Waals surface area contributed by atoms with Crippen LogP contribution in [0.1, 0.15) is 0 Å². The fourth-order valence-electron chi connectivity index (χ4n) is 2.12. The number of thioether (sulfide) groups is 1. The lowest BCUT2D eigenvalue weighted by molar-refractivity contribution is -0.113. The molecule has 0 spiro atoms. The van der Waals surface area contributed by atoms with Crippen molar-refractivity contribution in [3.63, 3.8) is 0 Å². The van der Waals surface area contributed by atoms with E-state index in [1.165, 1.54) is 6.07 Å². The molecule has 2 aromatic carbocycles. The highest BCUT2D eigenvalue weighted by Crippen LogP contribution is 2.23. The van der Waals surface area contributed by atoms with Crippen LogP contribution in [0.4, 0.5) is 20.5 Å². The van der Waals surface area contributed by atoms with Crippen molar-refractivity contribution in [2.24, 2.45) is 0 Å². The minimum absolute atomic E-state index is 0.0721. The number of amides is 1. The molecule has 0 unspecified atom stereocenters. The number of hydrogen-bond acceptors (Lipinski definition) is 6. The van der Waals surface area contributed by atoms with Crippen molar-refractivity contribution >= 4 is 29.4 Å². The van der Waals surface area contributed by atoms with Gasteiger partial charge in [-0.15, -0.1) is 16.9 Å². The van der Waals surface area contributed by atoms with Gasteiger partial charge in [0.05, 0.1) is 5.75 Å². The predicted octanol–water partition coefficient (Wildman–Crippen LogP) is 3.81. The number of anilines is 2. The predicted molar refractivity (Wildman–Crippen MR) is 99.8 cm³/mol. The molecule has 3 aromatic rings. The van der Waals surface area contributed by atoms with E-state index in [1.54, 1.807) is 43.3 Å². The van der Waals surface area contributed by atoms with Crippen molar-refractivity contribution in [1.29, 1.82) is 0 Å². The lowest BCUT2D eigenvalue weighted by Crippen LogP contribution is -2.13. The third-order valence-electron chi connectivity index (χ3n) is 3.47. The van der Waals surface area contributed by atoms with Crippen LogP contribution in [0.25, 0.3) is 11.5 Å². The van der Waals surface area contributed by atoms with Crippen molar-refractivity contribution in [2.45, 2.75) is 4.90 Å². The van der Waals surface area contributed by atoms with E-state index < -0.39 is 11.6 Å². The number of benzene rings is 2. The molecule has 0 saturated carbocycles. The van der Waals surface area contributed by atoms with Crippen molar-refractivity contribution < 1.29 is 18.0 Å². The van der Waals surface area contributed by atoms with Crippen LogP contribution in [0.2, 0.25) is 0 Å². The van der Waals surface area contributed by atoms with E-state index in [-0.39, 0.29) is 11.7 Å². The molecule has 0 fully saturated rings. The van der Waals surface area contributed by atoms with Crippen LogP contribution in [-0.2, 0) is 4.79 Å². The first kappa shape index (κ1) is 18.8. The van der Waals surface area contributed by atoms with Crippen molar-refractivity contribution in [3.05, 3.63) is 54.1 Å². The second-order valence-corrected chi connectivity index (χ2v) is 6.82. The smallest absolute Gasteiger partial charge is 0.317 e. The first-order chi connectivity index (χ1) is 12.9. The Morgan fingerprint density at radius 1 is 1.11 bits per heavy atom. The van der Waals surface area contributed by atoms with Gasteiger partial charge in [0.15, 0.2) is 11.6 Å². The highest BCUT2D eigenvalue weighted by Gasteiger charge is 2.11. The summed E-state index contributed by atoms with van der Waals surface area (Å²) < 4.78 is 31.6. The van der Waals surface area contributed by atoms with E-state index in [9.17, 15) is 13.6 Å². The van der Waals surface area contributed by atoms with Gasteiger partial charge in [-0.3, -0.25) is 4.79 Å². The Bertz CT molecular complexity index is 945. The number of nitrogens with zero attached hydrogens (tertiary/aromatic N) is 3. The average Bonchev–Trinajstić information content (AvgIpc) is 3.14. The molecule has 0 atom stereocenters. The summed E-state index contributed by atoms with van der Waals surface area (Å²) in [6, 6.07) is 10.9. The molecule has 6 nitrogen and oxygen atoms in total. The van der Waals surface area contributed by atoms with E-state index in [2.05, 4.69) is 15.5 Å². The van der Waals surface area contributed by atoms with Crippen molar-refractivity contribution in [1.82, 2.24) is 10.2 Å². The zero-order chi connectivity index (χ0) is 19.4. The highest BCUT2D eigenvalue weighted by atomic mass is 32.2. The van der Waals surface area contributed by atoms with Gasteiger partial charge in [-0.1, -0.05) is 5.10 Å². The number of aromatic nitrogens is 2. The van der Waals surface area contributed by atoms with Gasteiger partial charge in [-0.05, 0) is 42.5 Å². The van der Waals surface area contributed by atoms with Gasteiger partial charge in [-0.2, -0.15) is 0 Å². The maximum absolute atomic E-state index is 13.2. The molecule has 0 aliphatic rings. The number of hydrogen-bond donors (Lipinski definition) is 1. The fraction of sp³-hybridized carbons (Fsp3) is 0.167. The zero-order valence-corrected chi connectivity index (χ0v) is 15.4. The Balaban J connectivity index is 1.57. The van der Waals surface area contributed by atoms with Gasteiger partial charge in [0.1, 0.15) is 0 Å². The summed E-state index contributed by atoms with van der Waals surface area (Å²) in [6.45, 7) is 0. The molecule has 27 heavy (non-hydrogen) atoms. The first-order valence-corrected chi connectivity index (χ1v) is 8.90. The SMILES string of the molecule is CN(C)c1nnc(-c2ccc(NC(=O)CSc3ccc(F)c(F)c3)cc2)o1. The molecule has 9 heteroatoms. The maximum atomic E-state index is 13.2. The van der Waals surface area contributed by atoms with Crippen molar-refractivity contribution in [2.75, 3.05) is 30.1 Å². The fourth-order valence-corrected chi connectivity index (χ4v) is 2.84. The van der Waals surface area contributed by atoms with Gasteiger partial charge < -0.3 is 14.6 Å². The highest BCUT2D eigenvalue weighted by molar-refractivity contribution is 8.00. The first-order valence-electron chi connectivity index (χ1n) is 7.91. The van der Waals surface area contributed by atoms with Crippen LogP contribution in [0.5, 0.6) is 0 Å². The lowest BCUT2D eigenvalue weighted by Gasteiger charge is -2.06. The summed E-state index contributed by atoms with van der Waals surface area (Å²) in [5, 5.41) is 10.6. The summed E-state index contributed by atoms with van der Waals surface area (Å²) in [4.78, 5) is 14.2. The summed E-state index contributed by atoms with van der Waals surface area (Å²) in [7, 11) is 3.60. The van der Waals surface area contributed by atoms with E-state index in [0.717, 1.165) is 29.5 Å². The largest absolute Gasteiger partial charge is 0.403 e. The Morgan fingerprint density at radius 2 is 1.85 bits per heavy atom. The van der Waals surface area contributed by atoms with E-state index in [1.807, 2.05) is 0 Å². The quantitative estimate of drug-likeness (QED) is 0.646. The van der Waals surface area contributed by atoms with Crippen LogP contribution in [0, 0.1) is 11.6 Å². The molecule has 140 valence electrons. The van der Waals surface area contributed by atoms with Gasteiger partial charge in [0.25, 0.3) is 0 Å². The Kier molecular flexibility index (Phi) is 5.70. The molecule has 0 bridgehead atoms. The van der Waals surface area contributed by atoms with Crippen LogP contribution in [0.3, 0.4) is 0 Å². The standard InChI is InChI=1S/C18H16F2N4O2S/c1-24(2)18-23-22-17(26-18)11-3-5-12(6-4-11)21-16(25)10-27-13-7-8-14(19)15(20)9-13/h3-9H,10H2,1-2H3,(H,21,25). The van der Waals surface area contributed by atoms with Gasteiger partial charge >= 0.3 is 6.01 Å². The molecule has 3 rings (SSSR count). The number of rotatable bonds is 6. The summed E-state index contributed by atoms with van der Waals surface area (Å²) in [5.74, 6) is -1.66. The molecule has 0 saturated heterocycles. The lowest BCUT2D eigenvalue weighted by atomic mass is 10.2. The molecule has 1 heterocycles. The number of nitrogens with one attached hydrogen (secondary N) is 1. The van der Waals surface area contributed by atoms with E-state index >= 15 is 0 Å². The minimum Gasteiger partial charge on any atom is -0.403 e.